The number of nitrogens with zero attached hydrogens (tertiary/aromatic N) is 2. The van der Waals surface area contributed by atoms with Gasteiger partial charge in [0.05, 0.1) is 18.5 Å². The first-order chi connectivity index (χ1) is 12.4. The number of rotatable bonds is 4. The molecule has 2 aromatic rings. The molecule has 2 unspecified atom stereocenters. The molecule has 1 N–H and O–H groups in total. The summed E-state index contributed by atoms with van der Waals surface area (Å²) in [5.41, 5.74) is 4.25. The average molecular weight is 353 g/mol. The van der Waals surface area contributed by atoms with Gasteiger partial charge in [0.1, 0.15) is 5.67 Å². The maximum Gasteiger partial charge on any atom is 0.227 e. The van der Waals surface area contributed by atoms with Crippen molar-refractivity contribution < 1.29 is 9.18 Å². The summed E-state index contributed by atoms with van der Waals surface area (Å²) in [5.74, 6) is -0.220. The molecule has 1 aliphatic carbocycles. The standard InChI is InChI=1S/C21H24FN3O/c1-13-8-15(25-12-16-10-18(25)17-4-3-7-24(16)17)9-14(2)20(13)23-19(26)11-21(22)5-6-21/h3-4,7-9,16,18H,5-6,10-12H2,1-2H3,(H,23,26). The fraction of sp³-hybridized carbons (Fsp3) is 0.476. The number of alkyl halides is 1. The maximum absolute atomic E-state index is 13.8. The molecule has 136 valence electrons. The lowest BCUT2D eigenvalue weighted by Gasteiger charge is -2.31. The van der Waals surface area contributed by atoms with Gasteiger partial charge in [0.15, 0.2) is 0 Å². The highest BCUT2D eigenvalue weighted by Crippen LogP contribution is 2.48. The summed E-state index contributed by atoms with van der Waals surface area (Å²) >= 11 is 0. The zero-order valence-electron chi connectivity index (χ0n) is 15.3. The maximum atomic E-state index is 13.8. The van der Waals surface area contributed by atoms with Crippen LogP contribution in [0.25, 0.3) is 0 Å². The molecule has 1 amide bonds. The van der Waals surface area contributed by atoms with E-state index in [0.29, 0.717) is 24.9 Å². The Morgan fingerprint density at radius 2 is 2.04 bits per heavy atom. The normalized spacial score (nSPS) is 24.7. The minimum atomic E-state index is -1.25. The van der Waals surface area contributed by atoms with E-state index in [1.807, 2.05) is 13.8 Å². The van der Waals surface area contributed by atoms with Crippen LogP contribution >= 0.6 is 0 Å². The molecule has 2 aliphatic heterocycles. The van der Waals surface area contributed by atoms with Gasteiger partial charge in [-0.1, -0.05) is 0 Å². The Morgan fingerprint density at radius 1 is 1.31 bits per heavy atom. The smallest absolute Gasteiger partial charge is 0.227 e. The summed E-state index contributed by atoms with van der Waals surface area (Å²) in [6.45, 7) is 5.07. The lowest BCUT2D eigenvalue weighted by atomic mass is 10.1. The van der Waals surface area contributed by atoms with Gasteiger partial charge in [0.25, 0.3) is 0 Å². The summed E-state index contributed by atoms with van der Waals surface area (Å²) < 4.78 is 16.2. The van der Waals surface area contributed by atoms with E-state index in [1.54, 1.807) is 0 Å². The molecule has 26 heavy (non-hydrogen) atoms. The zero-order valence-corrected chi connectivity index (χ0v) is 15.3. The van der Waals surface area contributed by atoms with Crippen LogP contribution < -0.4 is 10.2 Å². The van der Waals surface area contributed by atoms with E-state index in [0.717, 1.165) is 23.4 Å². The molecule has 2 bridgehead atoms. The van der Waals surface area contributed by atoms with Gasteiger partial charge < -0.3 is 14.8 Å². The summed E-state index contributed by atoms with van der Waals surface area (Å²) in [4.78, 5) is 14.6. The topological polar surface area (TPSA) is 37.3 Å². The highest BCUT2D eigenvalue weighted by Gasteiger charge is 2.45. The van der Waals surface area contributed by atoms with Crippen molar-refractivity contribution in [2.75, 3.05) is 16.8 Å². The molecule has 0 spiro atoms. The van der Waals surface area contributed by atoms with Gasteiger partial charge in [-0.25, -0.2) is 4.39 Å². The van der Waals surface area contributed by atoms with Crippen LogP contribution in [0.15, 0.2) is 30.5 Å². The van der Waals surface area contributed by atoms with Crippen molar-refractivity contribution >= 4 is 17.3 Å². The predicted octanol–water partition coefficient (Wildman–Crippen LogP) is 4.44. The number of anilines is 2. The number of hydrogen-bond donors (Lipinski definition) is 1. The third-order valence-electron chi connectivity index (χ3n) is 6.21. The molecule has 1 saturated heterocycles. The predicted molar refractivity (Wildman–Crippen MR) is 100 cm³/mol. The number of carbonyl (C=O) groups excluding carboxylic acids is 1. The van der Waals surface area contributed by atoms with E-state index in [2.05, 4.69) is 45.2 Å². The number of benzene rings is 1. The Bertz CT molecular complexity index is 875. The molecule has 1 saturated carbocycles. The molecule has 5 heteroatoms. The van der Waals surface area contributed by atoms with Crippen molar-refractivity contribution in [3.8, 4) is 0 Å². The van der Waals surface area contributed by atoms with Gasteiger partial charge >= 0.3 is 0 Å². The zero-order chi connectivity index (χ0) is 18.1. The van der Waals surface area contributed by atoms with Crippen LogP contribution in [0.1, 0.15) is 54.6 Å². The highest BCUT2D eigenvalue weighted by atomic mass is 19.1. The van der Waals surface area contributed by atoms with E-state index < -0.39 is 5.67 Å². The average Bonchev–Trinajstić information content (AvgIpc) is 3.01. The van der Waals surface area contributed by atoms with E-state index in [4.69, 9.17) is 0 Å². The van der Waals surface area contributed by atoms with Crippen LogP contribution in [0.3, 0.4) is 0 Å². The number of aromatic nitrogens is 1. The van der Waals surface area contributed by atoms with Crippen LogP contribution in [0, 0.1) is 13.8 Å². The lowest BCUT2D eigenvalue weighted by molar-refractivity contribution is -0.117. The van der Waals surface area contributed by atoms with Gasteiger partial charge in [0.2, 0.25) is 5.91 Å². The van der Waals surface area contributed by atoms with Crippen LogP contribution in [0.2, 0.25) is 0 Å². The van der Waals surface area contributed by atoms with Crippen LogP contribution in [-0.4, -0.2) is 22.7 Å². The fourth-order valence-corrected chi connectivity index (χ4v) is 4.69. The number of halogens is 1. The molecule has 3 heterocycles. The first-order valence-electron chi connectivity index (χ1n) is 9.47. The largest absolute Gasteiger partial charge is 0.361 e. The molecular formula is C21H24FN3O. The Hall–Kier alpha value is -2.30. The van der Waals surface area contributed by atoms with Crippen molar-refractivity contribution in [3.05, 3.63) is 47.3 Å². The van der Waals surface area contributed by atoms with E-state index in [1.165, 1.54) is 17.8 Å². The fourth-order valence-electron chi connectivity index (χ4n) is 4.69. The van der Waals surface area contributed by atoms with Gasteiger partial charge in [-0.2, -0.15) is 0 Å². The second kappa shape index (κ2) is 5.35. The Balaban J connectivity index is 1.38. The number of hydrogen-bond acceptors (Lipinski definition) is 2. The number of nitrogens with one attached hydrogen (secondary N) is 1. The lowest BCUT2D eigenvalue weighted by Crippen LogP contribution is -2.29. The Kier molecular flexibility index (Phi) is 3.27. The van der Waals surface area contributed by atoms with Crippen molar-refractivity contribution in [3.63, 3.8) is 0 Å². The summed E-state index contributed by atoms with van der Waals surface area (Å²) in [5, 5.41) is 2.94. The van der Waals surface area contributed by atoms with Gasteiger partial charge in [0, 0.05) is 29.8 Å². The van der Waals surface area contributed by atoms with Crippen molar-refractivity contribution in [1.29, 1.82) is 0 Å². The molecule has 4 nitrogen and oxygen atoms in total. The van der Waals surface area contributed by atoms with Crippen molar-refractivity contribution in [2.45, 2.75) is 57.3 Å². The quantitative estimate of drug-likeness (QED) is 0.882. The highest BCUT2D eigenvalue weighted by molar-refractivity contribution is 5.93. The number of amides is 1. The first kappa shape index (κ1) is 15.9. The summed E-state index contributed by atoms with van der Waals surface area (Å²) in [6.07, 6.45) is 4.35. The van der Waals surface area contributed by atoms with Crippen molar-refractivity contribution in [2.24, 2.45) is 0 Å². The molecule has 0 radical (unpaired) electrons. The number of fused-ring (bicyclic) bond motifs is 5. The minimum Gasteiger partial charge on any atom is -0.361 e. The first-order valence-corrected chi connectivity index (χ1v) is 9.47. The van der Waals surface area contributed by atoms with Gasteiger partial charge in [-0.05, 0) is 68.5 Å². The molecule has 1 aromatic heterocycles. The van der Waals surface area contributed by atoms with Crippen LogP contribution in [0.4, 0.5) is 15.8 Å². The molecule has 2 atom stereocenters. The van der Waals surface area contributed by atoms with Crippen LogP contribution in [-0.2, 0) is 4.79 Å². The molecule has 1 aromatic carbocycles. The second-order valence-electron chi connectivity index (χ2n) is 8.23. The molecule has 2 fully saturated rings. The minimum absolute atomic E-state index is 0.0273. The van der Waals surface area contributed by atoms with E-state index >= 15 is 0 Å². The Morgan fingerprint density at radius 3 is 2.73 bits per heavy atom. The summed E-state index contributed by atoms with van der Waals surface area (Å²) in [6, 6.07) is 9.65. The molecule has 5 rings (SSSR count). The monoisotopic (exact) mass is 353 g/mol. The SMILES string of the molecule is Cc1cc(N2CC3CC2c2cccn23)cc(C)c1NC(=O)CC1(F)CC1. The Labute approximate surface area is 153 Å². The van der Waals surface area contributed by atoms with Crippen LogP contribution in [0.5, 0.6) is 0 Å². The van der Waals surface area contributed by atoms with Gasteiger partial charge in [-0.15, -0.1) is 0 Å². The molecule has 3 aliphatic rings. The molecular weight excluding hydrogens is 329 g/mol. The number of carbonyl (C=O) groups is 1. The second-order valence-corrected chi connectivity index (χ2v) is 8.23. The third-order valence-corrected chi connectivity index (χ3v) is 6.21. The van der Waals surface area contributed by atoms with E-state index in [9.17, 15) is 9.18 Å². The number of aryl methyl sites for hydroxylation is 2. The van der Waals surface area contributed by atoms with E-state index in [-0.39, 0.29) is 12.3 Å². The van der Waals surface area contributed by atoms with Crippen molar-refractivity contribution in [1.82, 2.24) is 4.57 Å². The van der Waals surface area contributed by atoms with Gasteiger partial charge in [-0.3, -0.25) is 4.79 Å². The summed E-state index contributed by atoms with van der Waals surface area (Å²) in [7, 11) is 0. The third kappa shape index (κ3) is 2.44.